The van der Waals surface area contributed by atoms with Crippen molar-refractivity contribution < 1.29 is 0 Å². The van der Waals surface area contributed by atoms with Crippen molar-refractivity contribution in [2.24, 2.45) is 0 Å². The van der Waals surface area contributed by atoms with Crippen LogP contribution in [0.4, 0.5) is 11.4 Å². The van der Waals surface area contributed by atoms with Gasteiger partial charge in [-0.3, -0.25) is 0 Å². The zero-order valence-corrected chi connectivity index (χ0v) is 17.9. The van der Waals surface area contributed by atoms with E-state index >= 15 is 0 Å². The molecule has 0 radical (unpaired) electrons. The van der Waals surface area contributed by atoms with Crippen molar-refractivity contribution in [3.63, 3.8) is 0 Å². The molecule has 138 valence electrons. The Hall–Kier alpha value is -2.32. The van der Waals surface area contributed by atoms with E-state index in [4.69, 9.17) is 0 Å². The molecule has 1 nitrogen and oxygen atoms in total. The van der Waals surface area contributed by atoms with Gasteiger partial charge in [-0.05, 0) is 70.9 Å². The van der Waals surface area contributed by atoms with Crippen molar-refractivity contribution in [3.8, 4) is 0 Å². The first-order chi connectivity index (χ1) is 12.8. The molecule has 0 N–H and O–H groups in total. The minimum atomic E-state index is -0.0396. The van der Waals surface area contributed by atoms with Gasteiger partial charge in [0.15, 0.2) is 0 Å². The summed E-state index contributed by atoms with van der Waals surface area (Å²) < 4.78 is 2.71. The predicted molar refractivity (Wildman–Crippen MR) is 122 cm³/mol. The van der Waals surface area contributed by atoms with Crippen molar-refractivity contribution >= 4 is 42.9 Å². The molecule has 0 saturated heterocycles. The third-order valence-corrected chi connectivity index (χ3v) is 6.29. The zero-order valence-electron chi connectivity index (χ0n) is 17.1. The van der Waals surface area contributed by atoms with E-state index in [2.05, 4.69) is 101 Å². The van der Waals surface area contributed by atoms with Gasteiger partial charge >= 0.3 is 0 Å². The van der Waals surface area contributed by atoms with Gasteiger partial charge in [0.1, 0.15) is 0 Å². The third-order valence-electron chi connectivity index (χ3n) is 5.15. The normalized spacial score (nSPS) is 12.1. The van der Waals surface area contributed by atoms with Crippen LogP contribution in [0.25, 0.3) is 20.2 Å². The molecule has 1 heterocycles. The largest absolute Gasteiger partial charge is 0.335 e. The van der Waals surface area contributed by atoms with E-state index in [9.17, 15) is 0 Å². The van der Waals surface area contributed by atoms with Crippen LogP contribution in [0.5, 0.6) is 0 Å². The first kappa shape index (κ1) is 18.1. The molecule has 0 aliphatic heterocycles. The smallest absolute Gasteiger partial charge is 0.0510 e. The summed E-state index contributed by atoms with van der Waals surface area (Å²) in [6, 6.07) is 20.1. The van der Waals surface area contributed by atoms with E-state index in [1.165, 1.54) is 48.2 Å². The second kappa shape index (κ2) is 6.38. The van der Waals surface area contributed by atoms with Gasteiger partial charge in [-0.2, -0.15) is 0 Å². The molecule has 2 heteroatoms. The number of hydrogen-bond donors (Lipinski definition) is 0. The number of nitrogens with zero attached hydrogens (tertiary/aromatic N) is 1. The van der Waals surface area contributed by atoms with Crippen LogP contribution in [-0.4, -0.2) is 5.54 Å². The van der Waals surface area contributed by atoms with Crippen molar-refractivity contribution in [1.82, 2.24) is 0 Å². The van der Waals surface area contributed by atoms with Crippen molar-refractivity contribution in [3.05, 3.63) is 71.3 Å². The van der Waals surface area contributed by atoms with E-state index in [1.54, 1.807) is 0 Å². The molecule has 0 aliphatic rings. The molecule has 4 aromatic rings. The van der Waals surface area contributed by atoms with Gasteiger partial charge in [0, 0.05) is 31.4 Å². The lowest BCUT2D eigenvalue weighted by Crippen LogP contribution is -2.38. The van der Waals surface area contributed by atoms with Crippen molar-refractivity contribution in [1.29, 1.82) is 0 Å². The number of hydrogen-bond acceptors (Lipinski definition) is 2. The van der Waals surface area contributed by atoms with Crippen molar-refractivity contribution in [2.75, 3.05) is 4.90 Å². The molecule has 0 aliphatic carbocycles. The number of rotatable bonds is 2. The van der Waals surface area contributed by atoms with Crippen LogP contribution in [0.2, 0.25) is 0 Å². The Labute approximate surface area is 166 Å². The van der Waals surface area contributed by atoms with Gasteiger partial charge in [0.2, 0.25) is 0 Å². The lowest BCUT2D eigenvalue weighted by Gasteiger charge is -2.40. The van der Waals surface area contributed by atoms with Crippen LogP contribution in [0.15, 0.2) is 54.6 Å². The molecule has 0 spiro atoms. The van der Waals surface area contributed by atoms with E-state index in [0.717, 1.165) is 0 Å². The van der Waals surface area contributed by atoms with E-state index in [-0.39, 0.29) is 5.54 Å². The molecule has 0 fully saturated rings. The number of anilines is 2. The highest BCUT2D eigenvalue weighted by Gasteiger charge is 2.28. The van der Waals surface area contributed by atoms with E-state index in [1.807, 2.05) is 11.3 Å². The highest BCUT2D eigenvalue weighted by molar-refractivity contribution is 7.25. The highest BCUT2D eigenvalue weighted by atomic mass is 32.1. The number of benzene rings is 3. The zero-order chi connectivity index (χ0) is 19.3. The Kier molecular flexibility index (Phi) is 4.27. The lowest BCUT2D eigenvalue weighted by molar-refractivity contribution is 0.560. The average Bonchev–Trinajstić information content (AvgIpc) is 2.95. The highest BCUT2D eigenvalue weighted by Crippen LogP contribution is 2.45. The van der Waals surface area contributed by atoms with E-state index in [0.29, 0.717) is 0 Å². The molecule has 0 bridgehead atoms. The van der Waals surface area contributed by atoms with Crippen LogP contribution in [-0.2, 0) is 0 Å². The summed E-state index contributed by atoms with van der Waals surface area (Å²) in [7, 11) is 0. The van der Waals surface area contributed by atoms with Crippen LogP contribution in [0, 0.1) is 20.8 Å². The molecule has 0 atom stereocenters. The lowest BCUT2D eigenvalue weighted by atomic mass is 9.96. The molecular formula is C25H27NS. The van der Waals surface area contributed by atoms with Crippen LogP contribution in [0.3, 0.4) is 0 Å². The number of thiophene rings is 1. The fourth-order valence-corrected chi connectivity index (χ4v) is 5.41. The fraction of sp³-hybridized carbons (Fsp3) is 0.280. The Morgan fingerprint density at radius 1 is 0.778 bits per heavy atom. The van der Waals surface area contributed by atoms with Crippen molar-refractivity contribution in [2.45, 2.75) is 47.1 Å². The van der Waals surface area contributed by atoms with E-state index < -0.39 is 0 Å². The second-order valence-electron chi connectivity index (χ2n) is 8.50. The maximum atomic E-state index is 2.54. The average molecular weight is 374 g/mol. The summed E-state index contributed by atoms with van der Waals surface area (Å²) in [5.74, 6) is 0. The predicted octanol–water partition coefficient (Wildman–Crippen LogP) is 7.92. The summed E-state index contributed by atoms with van der Waals surface area (Å²) in [5.41, 5.74) is 6.57. The van der Waals surface area contributed by atoms with Gasteiger partial charge in [-0.1, -0.05) is 42.0 Å². The SMILES string of the molecule is Cc1cc(C)c(N(c2cccc3sc4ccccc4c23)C(C)(C)C)c(C)c1. The minimum Gasteiger partial charge on any atom is -0.335 e. The molecule has 1 aromatic heterocycles. The number of fused-ring (bicyclic) bond motifs is 3. The second-order valence-corrected chi connectivity index (χ2v) is 9.59. The molecule has 4 rings (SSSR count). The first-order valence-corrected chi connectivity index (χ1v) is 10.4. The summed E-state index contributed by atoms with van der Waals surface area (Å²) in [6.07, 6.45) is 0. The quantitative estimate of drug-likeness (QED) is 0.345. The molecule has 0 unspecified atom stereocenters. The van der Waals surface area contributed by atoms with Crippen LogP contribution < -0.4 is 4.90 Å². The first-order valence-electron chi connectivity index (χ1n) is 9.56. The Balaban J connectivity index is 2.09. The summed E-state index contributed by atoms with van der Waals surface area (Å²) >= 11 is 1.88. The van der Waals surface area contributed by atoms with Gasteiger partial charge in [0.25, 0.3) is 0 Å². The monoisotopic (exact) mass is 373 g/mol. The summed E-state index contributed by atoms with van der Waals surface area (Å²) in [6.45, 7) is 13.6. The molecule has 3 aromatic carbocycles. The Morgan fingerprint density at radius 2 is 1.41 bits per heavy atom. The summed E-state index contributed by atoms with van der Waals surface area (Å²) in [5, 5.41) is 2.72. The molecule has 0 amide bonds. The van der Waals surface area contributed by atoms with Crippen LogP contribution in [0.1, 0.15) is 37.5 Å². The maximum absolute atomic E-state index is 2.54. The Morgan fingerprint density at radius 3 is 2.07 bits per heavy atom. The van der Waals surface area contributed by atoms with Crippen LogP contribution >= 0.6 is 11.3 Å². The van der Waals surface area contributed by atoms with Gasteiger partial charge < -0.3 is 4.90 Å². The Bertz CT molecular complexity index is 1120. The molecular weight excluding hydrogens is 346 g/mol. The fourth-order valence-electron chi connectivity index (χ4n) is 4.28. The van der Waals surface area contributed by atoms with Gasteiger partial charge in [0.05, 0.1) is 5.69 Å². The third kappa shape index (κ3) is 3.02. The molecule has 0 saturated carbocycles. The van der Waals surface area contributed by atoms with Gasteiger partial charge in [-0.25, -0.2) is 0 Å². The number of aryl methyl sites for hydroxylation is 3. The maximum Gasteiger partial charge on any atom is 0.0510 e. The summed E-state index contributed by atoms with van der Waals surface area (Å²) in [4.78, 5) is 2.54. The molecule has 27 heavy (non-hydrogen) atoms. The standard InChI is InChI=1S/C25H27NS/c1-16-14-17(2)24(18(3)15-16)26(25(4,5)6)20-11-9-13-22-23(20)19-10-7-8-12-21(19)27-22/h7-15H,1-6H3. The topological polar surface area (TPSA) is 3.24 Å². The van der Waals surface area contributed by atoms with Gasteiger partial charge in [-0.15, -0.1) is 11.3 Å². The minimum absolute atomic E-state index is 0.0396.